The van der Waals surface area contributed by atoms with Crippen LogP contribution in [0.5, 0.6) is 0 Å². The van der Waals surface area contributed by atoms with Gasteiger partial charge in [-0.3, -0.25) is 0 Å². The maximum absolute atomic E-state index is 5.23. The van der Waals surface area contributed by atoms with Crippen molar-refractivity contribution in [1.82, 2.24) is 39.0 Å². The Labute approximate surface area is 654 Å². The molecule has 6 aromatic heterocycles. The largest absolute Gasteiger partial charge is 0.309 e. The summed E-state index contributed by atoms with van der Waals surface area (Å²) in [6, 6.07) is 122. The Morgan fingerprint density at radius 1 is 0.232 bits per heavy atom. The number of hydrogen-bond donors (Lipinski definition) is 0. The molecular formula is C102H68N8S2. The number of thiophene rings is 2. The third-order valence-electron chi connectivity index (χ3n) is 23.3. The van der Waals surface area contributed by atoms with E-state index in [-0.39, 0.29) is 10.8 Å². The Bertz CT molecular complexity index is 7310. The van der Waals surface area contributed by atoms with Crippen molar-refractivity contribution in [3.63, 3.8) is 0 Å². The van der Waals surface area contributed by atoms with Crippen molar-refractivity contribution in [2.75, 3.05) is 0 Å². The van der Waals surface area contributed by atoms with E-state index in [0.29, 0.717) is 34.9 Å². The minimum Gasteiger partial charge on any atom is -0.309 e. The average Bonchev–Trinajstić information content (AvgIpc) is 1.53. The molecule has 112 heavy (non-hydrogen) atoms. The summed E-state index contributed by atoms with van der Waals surface area (Å²) in [4.78, 5) is 31.0. The molecule has 0 amide bonds. The first kappa shape index (κ1) is 65.4. The summed E-state index contributed by atoms with van der Waals surface area (Å²) in [6.45, 7) is 9.47. The lowest BCUT2D eigenvalue weighted by molar-refractivity contribution is 0.661. The van der Waals surface area contributed by atoms with Crippen molar-refractivity contribution < 1.29 is 0 Å². The van der Waals surface area contributed by atoms with Crippen molar-refractivity contribution in [1.29, 1.82) is 0 Å². The van der Waals surface area contributed by atoms with E-state index < -0.39 is 0 Å². The van der Waals surface area contributed by atoms with Crippen molar-refractivity contribution >= 4 is 107 Å². The zero-order chi connectivity index (χ0) is 74.5. The van der Waals surface area contributed by atoms with Crippen LogP contribution in [0.3, 0.4) is 0 Å². The maximum Gasteiger partial charge on any atom is 0.165 e. The molecule has 0 saturated carbocycles. The summed E-state index contributed by atoms with van der Waals surface area (Å²) in [5.74, 6) is 3.94. The van der Waals surface area contributed by atoms with E-state index in [0.717, 1.165) is 65.3 Å². The lowest BCUT2D eigenvalue weighted by atomic mass is 9.80. The van der Waals surface area contributed by atoms with Gasteiger partial charge in [-0.25, -0.2) is 29.9 Å². The second kappa shape index (κ2) is 25.5. The summed E-state index contributed by atoms with van der Waals surface area (Å²) in [7, 11) is 0. The predicted octanol–water partition coefficient (Wildman–Crippen LogP) is 27.0. The maximum atomic E-state index is 5.23. The number of nitrogens with zero attached hydrogens (tertiary/aromatic N) is 8. The average molecular weight is 1470 g/mol. The number of rotatable bonds is 9. The molecule has 528 valence electrons. The van der Waals surface area contributed by atoms with Crippen LogP contribution in [0.4, 0.5) is 0 Å². The smallest absolute Gasteiger partial charge is 0.165 e. The first-order valence-electron chi connectivity index (χ1n) is 38.1. The van der Waals surface area contributed by atoms with Gasteiger partial charge in [-0.15, -0.1) is 22.7 Å². The first-order chi connectivity index (χ1) is 55.0. The summed E-state index contributed by atoms with van der Waals surface area (Å²) >= 11 is 3.60. The highest BCUT2D eigenvalue weighted by Gasteiger charge is 2.39. The number of benzene rings is 15. The normalized spacial score (nSPS) is 13.1. The number of hydrogen-bond acceptors (Lipinski definition) is 8. The van der Waals surface area contributed by atoms with Crippen LogP contribution in [0.25, 0.3) is 197 Å². The highest BCUT2D eigenvalue weighted by molar-refractivity contribution is 7.26. The van der Waals surface area contributed by atoms with Crippen molar-refractivity contribution in [3.8, 4) is 113 Å². The van der Waals surface area contributed by atoms with E-state index in [1.165, 1.54) is 119 Å². The molecule has 15 aromatic carbocycles. The number of fused-ring (bicyclic) bond motifs is 19. The molecule has 0 aliphatic heterocycles. The van der Waals surface area contributed by atoms with Gasteiger partial charge in [-0.1, -0.05) is 282 Å². The minimum absolute atomic E-state index is 0.103. The van der Waals surface area contributed by atoms with Crippen LogP contribution in [-0.2, 0) is 10.8 Å². The Morgan fingerprint density at radius 2 is 0.652 bits per heavy atom. The van der Waals surface area contributed by atoms with Gasteiger partial charge in [0.25, 0.3) is 0 Å². The molecule has 0 bridgehead atoms. The second-order valence-electron chi connectivity index (χ2n) is 30.4. The fraction of sp³-hybridized carbons (Fsp3) is 0.0588. The van der Waals surface area contributed by atoms with Gasteiger partial charge in [0.1, 0.15) is 0 Å². The molecule has 6 heterocycles. The van der Waals surface area contributed by atoms with Gasteiger partial charge < -0.3 is 9.13 Å². The van der Waals surface area contributed by atoms with Crippen molar-refractivity contribution in [3.05, 3.63) is 362 Å². The Kier molecular flexibility index (Phi) is 14.9. The monoisotopic (exact) mass is 1470 g/mol. The summed E-state index contributed by atoms with van der Waals surface area (Å²) in [5, 5.41) is 9.90. The Balaban J connectivity index is 0.000000138. The van der Waals surface area contributed by atoms with E-state index in [9.17, 15) is 0 Å². The molecule has 0 unspecified atom stereocenters. The fourth-order valence-electron chi connectivity index (χ4n) is 18.0. The van der Waals surface area contributed by atoms with E-state index in [2.05, 4.69) is 304 Å². The van der Waals surface area contributed by atoms with E-state index in [4.69, 9.17) is 29.9 Å². The summed E-state index contributed by atoms with van der Waals surface area (Å²) < 4.78 is 9.70. The van der Waals surface area contributed by atoms with Gasteiger partial charge >= 0.3 is 0 Å². The molecule has 0 saturated heterocycles. The molecule has 2 aliphatic carbocycles. The first-order valence-corrected chi connectivity index (χ1v) is 39.8. The van der Waals surface area contributed by atoms with Crippen LogP contribution >= 0.6 is 22.7 Å². The van der Waals surface area contributed by atoms with Crippen molar-refractivity contribution in [2.24, 2.45) is 0 Å². The van der Waals surface area contributed by atoms with Gasteiger partial charge in [0, 0.05) is 117 Å². The molecule has 23 rings (SSSR count). The zero-order valence-corrected chi connectivity index (χ0v) is 63.4. The number of para-hydroxylation sites is 2. The minimum atomic E-state index is -0.147. The fourth-order valence-corrected chi connectivity index (χ4v) is 20.4. The van der Waals surface area contributed by atoms with Crippen LogP contribution in [0.2, 0.25) is 0 Å². The van der Waals surface area contributed by atoms with Crippen LogP contribution in [0, 0.1) is 0 Å². The van der Waals surface area contributed by atoms with Crippen LogP contribution in [-0.4, -0.2) is 39.0 Å². The van der Waals surface area contributed by atoms with Crippen LogP contribution in [0.1, 0.15) is 49.9 Å². The molecule has 0 atom stereocenters. The Morgan fingerprint density at radius 3 is 1.22 bits per heavy atom. The summed E-state index contributed by atoms with van der Waals surface area (Å²) in [6.07, 6.45) is 0. The molecule has 0 fully saturated rings. The zero-order valence-electron chi connectivity index (χ0n) is 61.7. The Hall–Kier alpha value is -13.6. The second-order valence-corrected chi connectivity index (χ2v) is 32.5. The highest BCUT2D eigenvalue weighted by atomic mass is 32.1. The lowest BCUT2D eigenvalue weighted by Gasteiger charge is -2.22. The van der Waals surface area contributed by atoms with Gasteiger partial charge in [-0.2, -0.15) is 0 Å². The molecule has 0 spiro atoms. The van der Waals surface area contributed by atoms with Gasteiger partial charge in [0.2, 0.25) is 0 Å². The SMILES string of the molecule is CC1(C)c2ccccc2-c2cc3c4cc(-c5cc(-c6nc(-c7ccccc7)nc(-c7ccccc7)n6)c6sc7ccccc7c6c5)ccc4n(-c4ccccc4)c3cc21.CC1(C)c2ccccc2-c2ccc3c(c21)c1ccccc1n3-c1cc(-c2nc(-c3ccccc3)nc(-c3ccccc3)n2)c2sc3ccccc3c2c1. The summed E-state index contributed by atoms with van der Waals surface area (Å²) in [5.41, 5.74) is 25.7. The molecular weight excluding hydrogens is 1400 g/mol. The molecule has 2 aliphatic rings. The highest BCUT2D eigenvalue weighted by Crippen LogP contribution is 2.56. The van der Waals surface area contributed by atoms with E-state index >= 15 is 0 Å². The van der Waals surface area contributed by atoms with E-state index in [1.54, 1.807) is 22.7 Å². The molecule has 10 heteroatoms. The molecule has 8 nitrogen and oxygen atoms in total. The quantitative estimate of drug-likeness (QED) is 0.143. The van der Waals surface area contributed by atoms with Gasteiger partial charge in [0.15, 0.2) is 34.9 Å². The third kappa shape index (κ3) is 10.3. The standard InChI is InChI=1S/C54H36N4S.C48H32N4S/c1-54(2)45-24-14-12-22-38(45)40-31-42-41-28-35(26-27-47(41)58(48(42)32-46(40)54)37-20-10-5-11-21-37)36-29-43-39-23-13-15-25-49(39)59-50(43)44(30-36)53-56-51(33-16-6-3-7-17-33)55-52(57-53)34-18-8-4-9-19-34;1-48(2)38-22-12-9-19-32(38)34-25-26-40-42(43(34)48)35-21-10-13-23-39(35)52(40)31-27-36-33-20-11-14-24-41(33)53-44(36)37(28-31)47-50-45(29-15-5-3-6-16-29)49-46(51-47)30-17-7-4-8-18-30/h3-32H,1-2H3;3-28H,1-2H3. The van der Waals surface area contributed by atoms with E-state index in [1.807, 2.05) is 72.8 Å². The van der Waals surface area contributed by atoms with Crippen LogP contribution < -0.4 is 0 Å². The molecule has 21 aromatic rings. The van der Waals surface area contributed by atoms with Crippen molar-refractivity contribution in [2.45, 2.75) is 38.5 Å². The van der Waals surface area contributed by atoms with Crippen LogP contribution in [0.15, 0.2) is 340 Å². The third-order valence-corrected chi connectivity index (χ3v) is 25.7. The lowest BCUT2D eigenvalue weighted by Crippen LogP contribution is -2.15. The van der Waals surface area contributed by atoms with Gasteiger partial charge in [0.05, 0.1) is 22.1 Å². The van der Waals surface area contributed by atoms with Gasteiger partial charge in [-0.05, 0) is 141 Å². The molecule has 0 N–H and O–H groups in total. The molecule has 0 radical (unpaired) electrons. The topological polar surface area (TPSA) is 87.2 Å². The number of aromatic nitrogens is 8. The predicted molar refractivity (Wildman–Crippen MR) is 467 cm³/mol.